The summed E-state index contributed by atoms with van der Waals surface area (Å²) in [5, 5.41) is 11.5. The molecule has 68 heavy (non-hydrogen) atoms. The Morgan fingerprint density at radius 2 is 1.01 bits per heavy atom. The van der Waals surface area contributed by atoms with Crippen molar-refractivity contribution in [3.8, 4) is 5.69 Å². The average molecular weight is 887 g/mol. The summed E-state index contributed by atoms with van der Waals surface area (Å²) in [6.45, 7) is 17.9. The highest BCUT2D eigenvalue weighted by Gasteiger charge is 2.28. The van der Waals surface area contributed by atoms with E-state index < -0.39 is 0 Å². The van der Waals surface area contributed by atoms with Crippen molar-refractivity contribution in [2.75, 3.05) is 0 Å². The average Bonchev–Trinajstić information content (AvgIpc) is 3.75. The Hall–Kier alpha value is -7.42. The van der Waals surface area contributed by atoms with E-state index in [1.54, 1.807) is 0 Å². The number of aryl methyl sites for hydroxylation is 2. The minimum atomic E-state index is 0.783. The lowest BCUT2D eigenvalue weighted by molar-refractivity contribution is 0.971. The zero-order valence-corrected chi connectivity index (χ0v) is 41.2. The summed E-state index contributed by atoms with van der Waals surface area (Å²) < 4.78 is 2.58. The number of para-hydroxylation sites is 1. The summed E-state index contributed by atoms with van der Waals surface area (Å²) in [7, 11) is 0. The van der Waals surface area contributed by atoms with Gasteiger partial charge < -0.3 is 10.3 Å². The standard InChI is InChI=1S/C60H48N2.3C2H6/c1-3-5-8-21-44-45-22-11-13-24-48(45)58(49-25-14-12-23-46(44)49)41-33-35-47-54-36-31-39-37-40(32-34-43(39)60(54)62(56(47)38-41)42-19-9-7-10-20-42)57-50-26-15-17-28-52(50)59(55(61)30-6-4-2)53-29-18-16-27-51(53)57;3*1-2/h3-20,22-31,36-38H,1,21,32-35,61H2,2H3;3*1-2H3/b6-4-,8-5-,55-30-;;;. The molecular weight excluding hydrogens is 821 g/mol. The van der Waals surface area contributed by atoms with Crippen LogP contribution >= 0.6 is 0 Å². The second kappa shape index (κ2) is 21.5. The van der Waals surface area contributed by atoms with Gasteiger partial charge in [-0.1, -0.05) is 212 Å². The van der Waals surface area contributed by atoms with E-state index in [1.165, 1.54) is 110 Å². The molecule has 340 valence electrons. The molecule has 1 heterocycles. The van der Waals surface area contributed by atoms with Gasteiger partial charge in [-0.15, -0.1) is 0 Å². The van der Waals surface area contributed by atoms with Crippen molar-refractivity contribution in [2.45, 2.75) is 80.6 Å². The zero-order chi connectivity index (χ0) is 47.7. The van der Waals surface area contributed by atoms with Gasteiger partial charge in [-0.25, -0.2) is 0 Å². The Morgan fingerprint density at radius 1 is 0.529 bits per heavy atom. The first-order chi connectivity index (χ1) is 33.6. The molecule has 2 aliphatic rings. The first kappa shape index (κ1) is 47.1. The maximum absolute atomic E-state index is 6.86. The molecule has 0 radical (unpaired) electrons. The molecule has 0 fully saturated rings. The molecular formula is C66H66N2. The molecule has 0 saturated carbocycles. The normalized spacial score (nSPS) is 13.3. The van der Waals surface area contributed by atoms with Crippen molar-refractivity contribution < 1.29 is 0 Å². The van der Waals surface area contributed by atoms with Crippen LogP contribution in [-0.4, -0.2) is 4.57 Å². The van der Waals surface area contributed by atoms with Gasteiger partial charge in [-0.2, -0.15) is 0 Å². The van der Waals surface area contributed by atoms with Crippen molar-refractivity contribution in [2.24, 2.45) is 5.73 Å². The van der Waals surface area contributed by atoms with E-state index in [4.69, 9.17) is 5.73 Å². The van der Waals surface area contributed by atoms with Crippen LogP contribution in [0.1, 0.15) is 106 Å². The van der Waals surface area contributed by atoms with Crippen molar-refractivity contribution in [1.29, 1.82) is 0 Å². The zero-order valence-electron chi connectivity index (χ0n) is 41.2. The molecule has 0 atom stereocenters. The van der Waals surface area contributed by atoms with E-state index in [0.717, 1.165) is 43.4 Å². The van der Waals surface area contributed by atoms with Crippen LogP contribution in [0.2, 0.25) is 0 Å². The fraction of sp³-hybridized carbons (Fsp3) is 0.182. The fourth-order valence-corrected chi connectivity index (χ4v) is 10.7. The minimum Gasteiger partial charge on any atom is -0.398 e. The third-order valence-electron chi connectivity index (χ3n) is 13.3. The van der Waals surface area contributed by atoms with E-state index in [1.807, 2.05) is 72.8 Å². The Kier molecular flexibility index (Phi) is 14.9. The first-order valence-electron chi connectivity index (χ1n) is 25.0. The number of nitrogens with two attached hydrogens (primary N) is 1. The van der Waals surface area contributed by atoms with Gasteiger partial charge in [0.15, 0.2) is 0 Å². The molecule has 2 heteroatoms. The molecule has 2 aliphatic carbocycles. The number of allylic oxidation sites excluding steroid dienone is 8. The second-order valence-corrected chi connectivity index (χ2v) is 16.7. The monoisotopic (exact) mass is 887 g/mol. The molecule has 0 saturated heterocycles. The van der Waals surface area contributed by atoms with Gasteiger partial charge in [0.2, 0.25) is 0 Å². The van der Waals surface area contributed by atoms with Gasteiger partial charge in [0.25, 0.3) is 0 Å². The van der Waals surface area contributed by atoms with E-state index in [2.05, 4.69) is 175 Å². The summed E-state index contributed by atoms with van der Waals surface area (Å²) >= 11 is 0. The predicted octanol–water partition coefficient (Wildman–Crippen LogP) is 18.5. The molecule has 0 aliphatic heterocycles. The number of hydrogen-bond acceptors (Lipinski definition) is 1. The van der Waals surface area contributed by atoms with E-state index >= 15 is 0 Å². The Labute approximate surface area is 404 Å². The number of hydrogen-bond donors (Lipinski definition) is 1. The van der Waals surface area contributed by atoms with Gasteiger partial charge in [-0.05, 0) is 151 Å². The molecule has 11 rings (SSSR count). The lowest BCUT2D eigenvalue weighted by Crippen LogP contribution is -2.06. The van der Waals surface area contributed by atoms with Crippen molar-refractivity contribution in [3.05, 3.63) is 227 Å². The number of nitrogens with zero attached hydrogens (tertiary/aromatic N) is 1. The van der Waals surface area contributed by atoms with Crippen LogP contribution in [0, 0.1) is 0 Å². The highest BCUT2D eigenvalue weighted by atomic mass is 15.0. The Bertz CT molecular complexity index is 3340. The van der Waals surface area contributed by atoms with Crippen LogP contribution in [0.3, 0.4) is 0 Å². The van der Waals surface area contributed by atoms with Gasteiger partial charge >= 0.3 is 0 Å². The smallest absolute Gasteiger partial charge is 0.0575 e. The SMILES string of the molecule is C=C/C=C\Cc1c2ccccc2c(C2=Cc3c(c4ccc5c(c4n3-c3ccccc3)CCC(c3c4ccccc4c(/C(N)=C/C=C\C)c4ccccc34)=C5)CC2)c2ccccc12.CC.CC.CC. The quantitative estimate of drug-likeness (QED) is 0.120. The minimum absolute atomic E-state index is 0.783. The van der Waals surface area contributed by atoms with Gasteiger partial charge in [0, 0.05) is 22.3 Å². The van der Waals surface area contributed by atoms with Gasteiger partial charge in [0.05, 0.1) is 11.2 Å². The molecule has 0 spiro atoms. The summed E-state index contributed by atoms with van der Waals surface area (Å²) in [5.74, 6) is 0. The van der Waals surface area contributed by atoms with Crippen molar-refractivity contribution in [1.82, 2.24) is 4.57 Å². The maximum atomic E-state index is 6.86. The Balaban J connectivity index is 0.00000100. The summed E-state index contributed by atoms with van der Waals surface area (Å²) in [5.41, 5.74) is 23.6. The first-order valence-corrected chi connectivity index (χ1v) is 25.0. The van der Waals surface area contributed by atoms with E-state index in [-0.39, 0.29) is 0 Å². The maximum Gasteiger partial charge on any atom is 0.0575 e. The molecule has 0 unspecified atom stereocenters. The fourth-order valence-electron chi connectivity index (χ4n) is 10.7. The lowest BCUT2D eigenvalue weighted by atomic mass is 9.81. The number of rotatable bonds is 8. The van der Waals surface area contributed by atoms with Gasteiger partial charge in [-0.3, -0.25) is 0 Å². The van der Waals surface area contributed by atoms with Crippen LogP contribution in [-0.2, 0) is 19.3 Å². The molecule has 8 aromatic carbocycles. The summed E-state index contributed by atoms with van der Waals surface area (Å²) in [4.78, 5) is 0. The molecule has 0 bridgehead atoms. The molecule has 2 N–H and O–H groups in total. The van der Waals surface area contributed by atoms with Crippen LogP contribution < -0.4 is 5.73 Å². The third kappa shape index (κ3) is 8.34. The molecule has 1 aromatic heterocycles. The lowest BCUT2D eigenvalue weighted by Gasteiger charge is -2.23. The van der Waals surface area contributed by atoms with Crippen LogP contribution in [0.25, 0.3) is 88.7 Å². The number of fused-ring (bicyclic) bond motifs is 9. The summed E-state index contributed by atoms with van der Waals surface area (Å²) in [6, 6.07) is 51.5. The highest BCUT2D eigenvalue weighted by molar-refractivity contribution is 6.18. The van der Waals surface area contributed by atoms with E-state index in [9.17, 15) is 0 Å². The van der Waals surface area contributed by atoms with Crippen molar-refractivity contribution in [3.63, 3.8) is 0 Å². The van der Waals surface area contributed by atoms with Gasteiger partial charge in [0.1, 0.15) is 0 Å². The summed E-state index contributed by atoms with van der Waals surface area (Å²) in [6.07, 6.45) is 22.0. The van der Waals surface area contributed by atoms with E-state index in [0.29, 0.717) is 0 Å². The number of aromatic nitrogens is 1. The molecule has 9 aromatic rings. The molecule has 0 amide bonds. The molecule has 2 nitrogen and oxygen atoms in total. The second-order valence-electron chi connectivity index (χ2n) is 16.7. The predicted molar refractivity (Wildman–Crippen MR) is 303 cm³/mol. The third-order valence-corrected chi connectivity index (χ3v) is 13.3. The van der Waals surface area contributed by atoms with Crippen molar-refractivity contribution >= 4 is 83.0 Å². The van der Waals surface area contributed by atoms with Crippen LogP contribution in [0.15, 0.2) is 183 Å². The number of benzene rings is 8. The van der Waals surface area contributed by atoms with Crippen LogP contribution in [0.4, 0.5) is 0 Å². The highest BCUT2D eigenvalue weighted by Crippen LogP contribution is 2.47. The topological polar surface area (TPSA) is 30.9 Å². The van der Waals surface area contributed by atoms with Crippen LogP contribution in [0.5, 0.6) is 0 Å². The largest absolute Gasteiger partial charge is 0.398 e. The Morgan fingerprint density at radius 3 is 1.56 bits per heavy atom.